The molecule has 1 saturated heterocycles. The number of halogens is 1. The number of nitrogens with one attached hydrogen (secondary N) is 2. The fourth-order valence-corrected chi connectivity index (χ4v) is 3.04. The van der Waals surface area contributed by atoms with Crippen molar-refractivity contribution < 1.29 is 15.0 Å². The van der Waals surface area contributed by atoms with Crippen LogP contribution in [0.25, 0.3) is 0 Å². The minimum atomic E-state index is -0.282. The molecule has 1 aliphatic heterocycles. The Balaban J connectivity index is -0.000000250. The van der Waals surface area contributed by atoms with Gasteiger partial charge in [0, 0.05) is 41.9 Å². The molecule has 1 fully saturated rings. The van der Waals surface area contributed by atoms with Crippen molar-refractivity contribution in [1.29, 1.82) is 0 Å². The lowest BCUT2D eigenvalue weighted by Crippen LogP contribution is -2.40. The number of likely N-dealkylation sites (tertiary alicyclic amines) is 1. The molecule has 1 unspecified atom stereocenters. The van der Waals surface area contributed by atoms with E-state index in [4.69, 9.17) is 16.7 Å². The first kappa shape index (κ1) is 42.4. The lowest BCUT2D eigenvalue weighted by Gasteiger charge is -2.32. The van der Waals surface area contributed by atoms with Crippen LogP contribution in [0.4, 0.5) is 5.69 Å². The van der Waals surface area contributed by atoms with Crippen LogP contribution in [0.1, 0.15) is 80.2 Å². The number of likely N-dealkylation sites (N-methyl/N-ethyl adjacent to an activating group) is 1. The van der Waals surface area contributed by atoms with Gasteiger partial charge in [0.1, 0.15) is 6.29 Å². The van der Waals surface area contributed by atoms with Gasteiger partial charge in [-0.2, -0.15) is 0 Å². The Bertz CT molecular complexity index is 632. The molecule has 0 saturated carbocycles. The lowest BCUT2D eigenvalue weighted by atomic mass is 10.0. The highest BCUT2D eigenvalue weighted by Gasteiger charge is 2.19. The predicted molar refractivity (Wildman–Crippen MR) is 166 cm³/mol. The number of aldehydes is 1. The molecule has 218 valence electrons. The van der Waals surface area contributed by atoms with E-state index in [1.165, 1.54) is 6.42 Å². The summed E-state index contributed by atoms with van der Waals surface area (Å²) in [5.74, 6) is 0. The van der Waals surface area contributed by atoms with Crippen LogP contribution in [0.2, 0.25) is 5.02 Å². The number of nitrogens with zero attached hydrogens (tertiary/aromatic N) is 1. The van der Waals surface area contributed by atoms with Gasteiger partial charge in [0.05, 0.1) is 19.3 Å². The molecule has 4 N–H and O–H groups in total. The van der Waals surface area contributed by atoms with Crippen molar-refractivity contribution in [2.75, 3.05) is 38.5 Å². The van der Waals surface area contributed by atoms with Gasteiger partial charge in [0.25, 0.3) is 0 Å². The van der Waals surface area contributed by atoms with Crippen LogP contribution >= 0.6 is 11.6 Å². The number of rotatable bonds is 8. The van der Waals surface area contributed by atoms with Crippen molar-refractivity contribution >= 4 is 23.6 Å². The molecule has 1 aliphatic rings. The number of allylic oxidation sites excluding steroid dienone is 1. The molecule has 0 spiro atoms. The summed E-state index contributed by atoms with van der Waals surface area (Å²) in [7, 11) is 1.89. The number of anilines is 1. The molecule has 1 atom stereocenters. The molecule has 2 rings (SSSR count). The van der Waals surface area contributed by atoms with Crippen LogP contribution in [0, 0.1) is 0 Å². The average Bonchev–Trinajstić information content (AvgIpc) is 2.90. The van der Waals surface area contributed by atoms with Crippen molar-refractivity contribution in [3.05, 3.63) is 53.6 Å². The number of carbonyl (C=O) groups excluding carboxylic acids is 1. The first-order valence-electron chi connectivity index (χ1n) is 13.7. The van der Waals surface area contributed by atoms with Gasteiger partial charge in [-0.05, 0) is 51.9 Å². The summed E-state index contributed by atoms with van der Waals surface area (Å²) in [6.45, 7) is 22.6. The Morgan fingerprint density at radius 3 is 2.05 bits per heavy atom. The van der Waals surface area contributed by atoms with Gasteiger partial charge < -0.3 is 25.6 Å². The quantitative estimate of drug-likeness (QED) is 0.215. The highest BCUT2D eigenvalue weighted by molar-refractivity contribution is 6.30. The summed E-state index contributed by atoms with van der Waals surface area (Å²) in [5.41, 5.74) is 1.77. The molecular formula is C30H58ClN3O3. The summed E-state index contributed by atoms with van der Waals surface area (Å²) < 4.78 is 0. The Hall–Kier alpha value is -1.70. The third kappa shape index (κ3) is 28.7. The predicted octanol–water partition coefficient (Wildman–Crippen LogP) is 6.71. The Labute approximate surface area is 234 Å². The second-order valence-corrected chi connectivity index (χ2v) is 8.10. The fraction of sp³-hybridized carbons (Fsp3) is 0.633. The van der Waals surface area contributed by atoms with Crippen LogP contribution in [-0.2, 0) is 11.4 Å². The topological polar surface area (TPSA) is 84.8 Å². The maximum absolute atomic E-state index is 10.5. The highest BCUT2D eigenvalue weighted by Crippen LogP contribution is 2.23. The number of benzene rings is 1. The zero-order valence-corrected chi connectivity index (χ0v) is 25.9. The van der Waals surface area contributed by atoms with Crippen molar-refractivity contribution in [2.24, 2.45) is 0 Å². The fourth-order valence-electron chi connectivity index (χ4n) is 2.84. The average molecular weight is 544 g/mol. The van der Waals surface area contributed by atoms with Gasteiger partial charge in [0.15, 0.2) is 0 Å². The molecule has 1 aromatic rings. The normalized spacial score (nSPS) is 13.3. The van der Waals surface area contributed by atoms with Gasteiger partial charge in [-0.15, -0.1) is 6.58 Å². The highest BCUT2D eigenvalue weighted by atomic mass is 35.5. The van der Waals surface area contributed by atoms with Gasteiger partial charge in [0.2, 0.25) is 0 Å². The monoisotopic (exact) mass is 543 g/mol. The molecule has 0 aromatic heterocycles. The van der Waals surface area contributed by atoms with E-state index in [1.54, 1.807) is 19.1 Å². The van der Waals surface area contributed by atoms with Crippen molar-refractivity contribution in [2.45, 2.75) is 93.4 Å². The van der Waals surface area contributed by atoms with E-state index < -0.39 is 0 Å². The first-order valence-corrected chi connectivity index (χ1v) is 14.1. The molecule has 0 amide bonds. The van der Waals surface area contributed by atoms with Crippen LogP contribution in [0.5, 0.6) is 0 Å². The van der Waals surface area contributed by atoms with E-state index in [9.17, 15) is 9.90 Å². The number of hydrogen-bond acceptors (Lipinski definition) is 6. The maximum atomic E-state index is 10.5. The molecule has 1 heterocycles. The zero-order valence-electron chi connectivity index (χ0n) is 25.2. The van der Waals surface area contributed by atoms with Crippen molar-refractivity contribution in [3.63, 3.8) is 0 Å². The van der Waals surface area contributed by atoms with Crippen LogP contribution in [0.3, 0.4) is 0 Å². The molecule has 0 bridgehead atoms. The van der Waals surface area contributed by atoms with E-state index >= 15 is 0 Å². The Kier molecular flexibility index (Phi) is 39.3. The zero-order chi connectivity index (χ0) is 29.5. The second-order valence-electron chi connectivity index (χ2n) is 7.67. The second kappa shape index (κ2) is 34.3. The van der Waals surface area contributed by atoms with E-state index in [0.717, 1.165) is 50.0 Å². The smallest absolute Gasteiger partial charge is 0.133 e. The molecular weight excluding hydrogens is 486 g/mol. The van der Waals surface area contributed by atoms with E-state index in [0.29, 0.717) is 17.6 Å². The number of piperidine rings is 1. The van der Waals surface area contributed by atoms with Gasteiger partial charge in [-0.25, -0.2) is 0 Å². The minimum absolute atomic E-state index is 0.0210. The minimum Gasteiger partial charge on any atom is -0.392 e. The van der Waals surface area contributed by atoms with Crippen LogP contribution in [-0.4, -0.2) is 66.8 Å². The van der Waals surface area contributed by atoms with Gasteiger partial charge in [-0.1, -0.05) is 77.8 Å². The summed E-state index contributed by atoms with van der Waals surface area (Å²) >= 11 is 5.91. The van der Waals surface area contributed by atoms with Crippen molar-refractivity contribution in [1.82, 2.24) is 10.2 Å². The standard InChI is InChI=1S/C14H19ClN2O2.C5H10O.C4H9N.C3H8.2C2H6/c15-12-1-2-14(11(9-12)10-19)16-13-3-5-17(6-4-13)7-8-18;1-3-4-5(2)6;1-3-4-5-2;1-3-2;2*1-2/h1-2,8-9,13,16,19H,3-7,10H2;3-6H,1-2H3;3,5H,1,4H2,2H3;3H2,1-2H3;2*1-2H3/b;4-3+;;;;. The molecule has 0 radical (unpaired) electrons. The van der Waals surface area contributed by atoms with Gasteiger partial charge >= 0.3 is 0 Å². The third-order valence-electron chi connectivity index (χ3n) is 4.34. The summed E-state index contributed by atoms with van der Waals surface area (Å²) in [6.07, 6.45) is 9.29. The maximum Gasteiger partial charge on any atom is 0.133 e. The number of hydrogen-bond donors (Lipinski definition) is 4. The molecule has 6 nitrogen and oxygen atoms in total. The number of aliphatic hydroxyl groups is 2. The van der Waals surface area contributed by atoms with Gasteiger partial charge in [-0.3, -0.25) is 4.90 Å². The van der Waals surface area contributed by atoms with Crippen molar-refractivity contribution in [3.8, 4) is 0 Å². The van der Waals surface area contributed by atoms with Crippen LogP contribution < -0.4 is 10.6 Å². The largest absolute Gasteiger partial charge is 0.392 e. The SMILES string of the molecule is C/C=C/C(C)O.C=CCNC.CC.CC.CCC.O=CCN1CCC(Nc2ccc(Cl)cc2CO)CC1. The van der Waals surface area contributed by atoms with E-state index in [1.807, 2.05) is 66.0 Å². The molecule has 0 aliphatic carbocycles. The lowest BCUT2D eigenvalue weighted by molar-refractivity contribution is -0.109. The summed E-state index contributed by atoms with van der Waals surface area (Å²) in [6, 6.07) is 5.90. The Morgan fingerprint density at radius 2 is 1.73 bits per heavy atom. The van der Waals surface area contributed by atoms with E-state index in [2.05, 4.69) is 36.0 Å². The van der Waals surface area contributed by atoms with E-state index in [-0.39, 0.29) is 12.7 Å². The molecule has 1 aromatic carbocycles. The third-order valence-corrected chi connectivity index (χ3v) is 4.57. The summed E-state index contributed by atoms with van der Waals surface area (Å²) in [4.78, 5) is 12.6. The number of carbonyl (C=O) groups is 1. The summed E-state index contributed by atoms with van der Waals surface area (Å²) in [5, 5.41) is 24.8. The molecule has 37 heavy (non-hydrogen) atoms. The van der Waals surface area contributed by atoms with Crippen LogP contribution in [0.15, 0.2) is 43.0 Å². The first-order chi connectivity index (χ1) is 17.8. The number of aliphatic hydroxyl groups excluding tert-OH is 2. The Morgan fingerprint density at radius 1 is 1.19 bits per heavy atom. The molecule has 7 heteroatoms.